The van der Waals surface area contributed by atoms with Gasteiger partial charge in [-0.1, -0.05) is 18.2 Å². The lowest BCUT2D eigenvalue weighted by atomic mass is 10.1. The summed E-state index contributed by atoms with van der Waals surface area (Å²) in [5.41, 5.74) is -0.477. The van der Waals surface area contributed by atoms with Crippen LogP contribution in [0.5, 0.6) is 0 Å². The van der Waals surface area contributed by atoms with Gasteiger partial charge in [-0.25, -0.2) is 14.0 Å². The van der Waals surface area contributed by atoms with E-state index in [1.165, 1.54) is 31.0 Å². The summed E-state index contributed by atoms with van der Waals surface area (Å²) in [6.45, 7) is 1.14. The van der Waals surface area contributed by atoms with E-state index in [-0.39, 0.29) is 24.4 Å². The first-order valence-corrected chi connectivity index (χ1v) is 8.90. The topological polar surface area (TPSA) is 116 Å². The SMILES string of the molecule is CC(=O)N1C[C@@H](F)C[C@H]1C1NC(C(=O)O)=C(OC(=O)c2ccccc2)C(=O)N1C. The van der Waals surface area contributed by atoms with Crippen LogP contribution in [-0.4, -0.2) is 70.6 Å². The van der Waals surface area contributed by atoms with E-state index < -0.39 is 47.7 Å². The number of ether oxygens (including phenoxy) is 1. The van der Waals surface area contributed by atoms with Crippen LogP contribution < -0.4 is 5.32 Å². The minimum atomic E-state index is -1.52. The molecule has 2 aliphatic rings. The Morgan fingerprint density at radius 3 is 2.48 bits per heavy atom. The number of benzene rings is 1. The molecule has 3 rings (SSSR count). The van der Waals surface area contributed by atoms with E-state index in [1.807, 2.05) is 0 Å². The van der Waals surface area contributed by atoms with Gasteiger partial charge in [-0.3, -0.25) is 9.59 Å². The molecular formula is C19H20FN3O6. The van der Waals surface area contributed by atoms with Crippen molar-refractivity contribution < 1.29 is 33.4 Å². The van der Waals surface area contributed by atoms with Crippen LogP contribution in [0.3, 0.4) is 0 Å². The Labute approximate surface area is 165 Å². The summed E-state index contributed by atoms with van der Waals surface area (Å²) in [6, 6.07) is 7.02. The number of carbonyl (C=O) groups is 4. The second-order valence-corrected chi connectivity index (χ2v) is 6.84. The molecule has 2 heterocycles. The van der Waals surface area contributed by atoms with Crippen molar-refractivity contribution in [1.29, 1.82) is 0 Å². The molecule has 2 N–H and O–H groups in total. The number of carboxylic acid groups (broad SMARTS) is 1. The number of alkyl halides is 1. The number of likely N-dealkylation sites (N-methyl/N-ethyl adjacent to an activating group) is 1. The second kappa shape index (κ2) is 7.90. The van der Waals surface area contributed by atoms with Gasteiger partial charge in [0.15, 0.2) is 5.70 Å². The minimum Gasteiger partial charge on any atom is -0.476 e. The lowest BCUT2D eigenvalue weighted by Gasteiger charge is -2.40. The molecule has 0 radical (unpaired) electrons. The number of carboxylic acids is 1. The molecule has 0 bridgehead atoms. The second-order valence-electron chi connectivity index (χ2n) is 6.84. The highest BCUT2D eigenvalue weighted by Crippen LogP contribution is 2.28. The van der Waals surface area contributed by atoms with Gasteiger partial charge in [0, 0.05) is 20.4 Å². The number of nitrogens with one attached hydrogen (secondary N) is 1. The van der Waals surface area contributed by atoms with Gasteiger partial charge in [-0.05, 0) is 12.1 Å². The number of esters is 1. The van der Waals surface area contributed by atoms with Gasteiger partial charge in [-0.15, -0.1) is 0 Å². The number of rotatable bonds is 4. The van der Waals surface area contributed by atoms with E-state index in [0.717, 1.165) is 4.90 Å². The molecule has 0 saturated carbocycles. The summed E-state index contributed by atoms with van der Waals surface area (Å²) in [5.74, 6) is -4.33. The van der Waals surface area contributed by atoms with Crippen molar-refractivity contribution in [1.82, 2.24) is 15.1 Å². The summed E-state index contributed by atoms with van der Waals surface area (Å²) < 4.78 is 19.0. The number of halogens is 1. The average molecular weight is 405 g/mol. The third kappa shape index (κ3) is 3.91. The van der Waals surface area contributed by atoms with Crippen molar-refractivity contribution in [3.05, 3.63) is 47.4 Å². The number of amides is 2. The maximum absolute atomic E-state index is 13.9. The Morgan fingerprint density at radius 2 is 1.90 bits per heavy atom. The molecule has 154 valence electrons. The van der Waals surface area contributed by atoms with Gasteiger partial charge in [0.25, 0.3) is 5.91 Å². The van der Waals surface area contributed by atoms with Gasteiger partial charge >= 0.3 is 11.9 Å². The average Bonchev–Trinajstić information content (AvgIpc) is 3.07. The molecule has 1 aromatic carbocycles. The molecule has 9 nitrogen and oxygen atoms in total. The van der Waals surface area contributed by atoms with Crippen LogP contribution in [0.1, 0.15) is 23.7 Å². The first-order chi connectivity index (χ1) is 13.7. The van der Waals surface area contributed by atoms with E-state index in [1.54, 1.807) is 18.2 Å². The van der Waals surface area contributed by atoms with Crippen LogP contribution in [0.4, 0.5) is 4.39 Å². The number of hydrogen-bond donors (Lipinski definition) is 2. The number of hydrogen-bond acceptors (Lipinski definition) is 6. The summed E-state index contributed by atoms with van der Waals surface area (Å²) in [6.07, 6.45) is -2.33. The van der Waals surface area contributed by atoms with Crippen LogP contribution >= 0.6 is 0 Å². The van der Waals surface area contributed by atoms with E-state index in [9.17, 15) is 28.7 Å². The Hall–Kier alpha value is -3.43. The lowest BCUT2D eigenvalue weighted by molar-refractivity contribution is -0.141. The zero-order valence-electron chi connectivity index (χ0n) is 15.8. The molecule has 0 aromatic heterocycles. The monoisotopic (exact) mass is 405 g/mol. The number of likely N-dealkylation sites (tertiary alicyclic amines) is 1. The van der Waals surface area contributed by atoms with Crippen molar-refractivity contribution in [3.8, 4) is 0 Å². The molecule has 2 amide bonds. The lowest BCUT2D eigenvalue weighted by Crippen LogP contribution is -2.61. The summed E-state index contributed by atoms with van der Waals surface area (Å²) in [7, 11) is 1.36. The smallest absolute Gasteiger partial charge is 0.356 e. The normalized spacial score (nSPS) is 24.4. The molecule has 1 aromatic rings. The van der Waals surface area contributed by atoms with Crippen molar-refractivity contribution in [2.24, 2.45) is 0 Å². The van der Waals surface area contributed by atoms with E-state index in [4.69, 9.17) is 4.74 Å². The number of aliphatic carboxylic acids is 1. The third-order valence-corrected chi connectivity index (χ3v) is 4.93. The fourth-order valence-corrected chi connectivity index (χ4v) is 3.51. The molecule has 1 unspecified atom stereocenters. The molecule has 10 heteroatoms. The highest BCUT2D eigenvalue weighted by Gasteiger charge is 2.46. The van der Waals surface area contributed by atoms with E-state index in [0.29, 0.717) is 0 Å². The first kappa shape index (κ1) is 20.3. The highest BCUT2D eigenvalue weighted by atomic mass is 19.1. The Balaban J connectivity index is 1.92. The molecular weight excluding hydrogens is 385 g/mol. The standard InChI is InChI=1S/C19H20FN3O6/c1-10(24)23-9-12(20)8-13(23)16-21-14(18(26)27)15(17(25)22(16)2)29-19(28)11-6-4-3-5-7-11/h3-7,12-13,16,21H,8-9H2,1-2H3,(H,26,27)/t12-,13-,16?/m0/s1. The summed E-state index contributed by atoms with van der Waals surface area (Å²) in [4.78, 5) is 51.1. The van der Waals surface area contributed by atoms with Gasteiger partial charge in [0.1, 0.15) is 12.3 Å². The van der Waals surface area contributed by atoms with Crippen molar-refractivity contribution >= 4 is 23.8 Å². The van der Waals surface area contributed by atoms with Gasteiger partial charge in [0.2, 0.25) is 11.7 Å². The van der Waals surface area contributed by atoms with Gasteiger partial charge < -0.3 is 25.0 Å². The van der Waals surface area contributed by atoms with Crippen molar-refractivity contribution in [3.63, 3.8) is 0 Å². The Kier molecular flexibility index (Phi) is 5.53. The van der Waals surface area contributed by atoms with Gasteiger partial charge in [-0.2, -0.15) is 0 Å². The largest absolute Gasteiger partial charge is 0.476 e. The first-order valence-electron chi connectivity index (χ1n) is 8.90. The molecule has 2 aliphatic heterocycles. The zero-order valence-corrected chi connectivity index (χ0v) is 15.8. The van der Waals surface area contributed by atoms with Crippen LogP contribution in [0.25, 0.3) is 0 Å². The molecule has 29 heavy (non-hydrogen) atoms. The van der Waals surface area contributed by atoms with E-state index >= 15 is 0 Å². The Bertz CT molecular complexity index is 887. The summed E-state index contributed by atoms with van der Waals surface area (Å²) >= 11 is 0. The quantitative estimate of drug-likeness (QED) is 0.700. The van der Waals surface area contributed by atoms with Crippen LogP contribution in [0.2, 0.25) is 0 Å². The maximum atomic E-state index is 13.9. The molecule has 3 atom stereocenters. The molecule has 1 saturated heterocycles. The maximum Gasteiger partial charge on any atom is 0.356 e. The molecule has 0 spiro atoms. The van der Waals surface area contributed by atoms with Gasteiger partial charge in [0.05, 0.1) is 18.2 Å². The minimum absolute atomic E-state index is 0.0547. The fourth-order valence-electron chi connectivity index (χ4n) is 3.51. The fraction of sp³-hybridized carbons (Fsp3) is 0.368. The summed E-state index contributed by atoms with van der Waals surface area (Å²) in [5, 5.41) is 12.2. The predicted molar refractivity (Wildman–Crippen MR) is 96.9 cm³/mol. The zero-order chi connectivity index (χ0) is 21.3. The van der Waals surface area contributed by atoms with Crippen LogP contribution in [-0.2, 0) is 19.1 Å². The highest BCUT2D eigenvalue weighted by molar-refractivity contribution is 6.04. The van der Waals surface area contributed by atoms with Crippen molar-refractivity contribution in [2.75, 3.05) is 13.6 Å². The number of nitrogens with zero attached hydrogens (tertiary/aromatic N) is 2. The molecule has 1 fully saturated rings. The Morgan fingerprint density at radius 1 is 1.24 bits per heavy atom. The predicted octanol–water partition coefficient (Wildman–Crippen LogP) is 0.486. The third-order valence-electron chi connectivity index (χ3n) is 4.93. The number of carbonyl (C=O) groups excluding carboxylic acids is 3. The van der Waals surface area contributed by atoms with Crippen LogP contribution in [0.15, 0.2) is 41.8 Å². The van der Waals surface area contributed by atoms with Crippen LogP contribution in [0, 0.1) is 0 Å². The van der Waals surface area contributed by atoms with Crippen molar-refractivity contribution in [2.45, 2.75) is 31.7 Å². The molecule has 0 aliphatic carbocycles. The van der Waals surface area contributed by atoms with E-state index in [2.05, 4.69) is 5.32 Å².